The third-order valence-corrected chi connectivity index (χ3v) is 7.69. The highest BCUT2D eigenvalue weighted by molar-refractivity contribution is 14.1. The van der Waals surface area contributed by atoms with Crippen molar-refractivity contribution in [2.75, 3.05) is 21.9 Å². The largest absolute Gasteiger partial charge is 0.393 e. The van der Waals surface area contributed by atoms with Crippen LogP contribution in [0.25, 0.3) is 0 Å². The summed E-state index contributed by atoms with van der Waals surface area (Å²) >= 11 is 1.99. The van der Waals surface area contributed by atoms with Gasteiger partial charge in [0.05, 0.1) is 22.7 Å². The van der Waals surface area contributed by atoms with E-state index in [9.17, 15) is 22.7 Å². The Kier molecular flexibility index (Phi) is 5.23. The van der Waals surface area contributed by atoms with Gasteiger partial charge in [0, 0.05) is 22.2 Å². The summed E-state index contributed by atoms with van der Waals surface area (Å²) in [4.78, 5) is 12.8. The van der Waals surface area contributed by atoms with Gasteiger partial charge in [0.15, 0.2) is 0 Å². The summed E-state index contributed by atoms with van der Waals surface area (Å²) in [6.45, 7) is 2.46. The van der Waals surface area contributed by atoms with E-state index in [-0.39, 0.29) is 41.0 Å². The maximum atomic E-state index is 14.4. The van der Waals surface area contributed by atoms with Crippen LogP contribution in [0.15, 0.2) is 23.0 Å². The van der Waals surface area contributed by atoms with Gasteiger partial charge >= 0.3 is 0 Å². The molecule has 1 saturated carbocycles. The van der Waals surface area contributed by atoms with E-state index in [1.165, 1.54) is 16.7 Å². The smallest absolute Gasteiger partial charge is 0.257 e. The number of aliphatic hydroxyl groups excluding tert-OH is 1. The second kappa shape index (κ2) is 7.43. The fourth-order valence-electron chi connectivity index (χ4n) is 3.53. The van der Waals surface area contributed by atoms with Crippen LogP contribution in [0.3, 0.4) is 0 Å². The van der Waals surface area contributed by atoms with Gasteiger partial charge < -0.3 is 15.7 Å². The molecule has 0 unspecified atom stereocenters. The summed E-state index contributed by atoms with van der Waals surface area (Å²) in [6.07, 6.45) is -0.310. The fraction of sp³-hybridized carbons (Fsp3) is 0.389. The molecule has 2 aromatic rings. The maximum absolute atomic E-state index is 14.4. The maximum Gasteiger partial charge on any atom is 0.257 e. The molecule has 1 fully saturated rings. The zero-order valence-electron chi connectivity index (χ0n) is 15.5. The number of hydrogen-bond donors (Lipinski definition) is 4. The molecule has 0 bridgehead atoms. The van der Waals surface area contributed by atoms with Crippen LogP contribution in [-0.4, -0.2) is 36.0 Å². The van der Waals surface area contributed by atoms with Crippen LogP contribution < -0.4 is 20.9 Å². The van der Waals surface area contributed by atoms with Crippen LogP contribution in [0, 0.1) is 16.3 Å². The lowest BCUT2D eigenvalue weighted by Crippen LogP contribution is -2.42. The topological polar surface area (TPSA) is 112 Å². The molecule has 4 N–H and O–H groups in total. The van der Waals surface area contributed by atoms with Crippen molar-refractivity contribution in [3.8, 4) is 0 Å². The molecule has 0 saturated heterocycles. The van der Waals surface area contributed by atoms with Gasteiger partial charge in [-0.25, -0.2) is 12.8 Å². The molecule has 1 aliphatic carbocycles. The average molecular weight is 534 g/mol. The molecule has 1 aromatic carbocycles. The molecule has 4 rings (SSSR count). The van der Waals surface area contributed by atoms with Crippen LogP contribution in [0.2, 0.25) is 0 Å². The summed E-state index contributed by atoms with van der Waals surface area (Å²) in [5.41, 5.74) is 0.524. The predicted octanol–water partition coefficient (Wildman–Crippen LogP) is 2.33. The van der Waals surface area contributed by atoms with E-state index in [0.717, 1.165) is 0 Å². The van der Waals surface area contributed by atoms with Crippen molar-refractivity contribution in [3.63, 3.8) is 0 Å². The molecule has 156 valence electrons. The first kappa shape index (κ1) is 20.4. The van der Waals surface area contributed by atoms with Crippen LogP contribution in [0.4, 0.5) is 27.3 Å². The molecule has 2 heterocycles. The first-order chi connectivity index (χ1) is 13.7. The minimum atomic E-state index is -3.79. The number of halogens is 2. The standard InChI is InChI=1S/C18H20FIN4O4S/c1-9-15(22-14-3-2-10(20)6-13(14)19)16(17-21-4-5-24(17)18(9)26)23-29(27,28)12-7-11(25)8-12/h2-3,6,11-12,21-23,25H,4-5,7-8H2,1H3. The highest BCUT2D eigenvalue weighted by Gasteiger charge is 2.39. The van der Waals surface area contributed by atoms with Gasteiger partial charge in [-0.1, -0.05) is 0 Å². The van der Waals surface area contributed by atoms with Crippen molar-refractivity contribution in [1.29, 1.82) is 0 Å². The Balaban J connectivity index is 1.81. The van der Waals surface area contributed by atoms with E-state index in [2.05, 4.69) is 15.4 Å². The Hall–Kier alpha value is -1.86. The number of hydrogen-bond acceptors (Lipinski definition) is 6. The third kappa shape index (κ3) is 3.70. The molecular formula is C18H20FIN4O4S. The number of nitrogens with zero attached hydrogens (tertiary/aromatic N) is 1. The van der Waals surface area contributed by atoms with E-state index in [1.807, 2.05) is 22.6 Å². The Labute approximate surface area is 180 Å². The van der Waals surface area contributed by atoms with Gasteiger partial charge in [-0.2, -0.15) is 0 Å². The van der Waals surface area contributed by atoms with Crippen LogP contribution in [0.5, 0.6) is 0 Å². The minimum Gasteiger partial charge on any atom is -0.393 e. The molecule has 29 heavy (non-hydrogen) atoms. The molecular weight excluding hydrogens is 514 g/mol. The monoisotopic (exact) mass is 534 g/mol. The first-order valence-corrected chi connectivity index (χ1v) is 11.7. The zero-order valence-corrected chi connectivity index (χ0v) is 18.5. The summed E-state index contributed by atoms with van der Waals surface area (Å²) < 4.78 is 44.8. The summed E-state index contributed by atoms with van der Waals surface area (Å²) in [7, 11) is -3.79. The molecule has 1 aromatic heterocycles. The quantitative estimate of drug-likeness (QED) is 0.439. The molecule has 2 aliphatic rings. The van der Waals surface area contributed by atoms with E-state index in [4.69, 9.17) is 0 Å². The van der Waals surface area contributed by atoms with Gasteiger partial charge in [0.1, 0.15) is 17.3 Å². The van der Waals surface area contributed by atoms with Crippen molar-refractivity contribution >= 4 is 55.5 Å². The Morgan fingerprint density at radius 3 is 2.69 bits per heavy atom. The Morgan fingerprint density at radius 2 is 2.03 bits per heavy atom. The number of sulfonamides is 1. The molecule has 11 heteroatoms. The number of benzene rings is 1. The second-order valence-electron chi connectivity index (χ2n) is 7.25. The average Bonchev–Trinajstić information content (AvgIpc) is 3.11. The summed E-state index contributed by atoms with van der Waals surface area (Å²) in [6, 6.07) is 4.59. The van der Waals surface area contributed by atoms with Gasteiger partial charge in [-0.15, -0.1) is 0 Å². The first-order valence-electron chi connectivity index (χ1n) is 9.10. The number of anilines is 4. The lowest BCUT2D eigenvalue weighted by atomic mass is 9.96. The van der Waals surface area contributed by atoms with Gasteiger partial charge in [0.2, 0.25) is 10.0 Å². The van der Waals surface area contributed by atoms with Crippen LogP contribution >= 0.6 is 22.6 Å². The third-order valence-electron chi connectivity index (χ3n) is 5.27. The number of fused-ring (bicyclic) bond motifs is 1. The molecule has 8 nitrogen and oxygen atoms in total. The van der Waals surface area contributed by atoms with E-state index < -0.39 is 27.2 Å². The number of rotatable bonds is 5. The predicted molar refractivity (Wildman–Crippen MR) is 118 cm³/mol. The van der Waals surface area contributed by atoms with E-state index in [1.54, 1.807) is 13.0 Å². The number of nitrogens with one attached hydrogen (secondary N) is 3. The molecule has 0 radical (unpaired) electrons. The minimum absolute atomic E-state index is 0.135. The molecule has 1 aliphatic heterocycles. The SMILES string of the molecule is Cc1c(Nc2ccc(I)cc2F)c(NS(=O)(=O)C2CC(O)C2)c2n(c1=O)CCN2. The van der Waals surface area contributed by atoms with E-state index >= 15 is 0 Å². The summed E-state index contributed by atoms with van der Waals surface area (Å²) in [5.74, 6) is -0.168. The van der Waals surface area contributed by atoms with Crippen LogP contribution in [-0.2, 0) is 16.6 Å². The lowest BCUT2D eigenvalue weighted by molar-refractivity contribution is 0.0979. The number of aromatic nitrogens is 1. The van der Waals surface area contributed by atoms with Crippen molar-refractivity contribution in [1.82, 2.24) is 4.57 Å². The highest BCUT2D eigenvalue weighted by Crippen LogP contribution is 2.39. The van der Waals surface area contributed by atoms with Crippen molar-refractivity contribution in [3.05, 3.63) is 43.5 Å². The lowest BCUT2D eigenvalue weighted by Gasteiger charge is -2.31. The fourth-order valence-corrected chi connectivity index (χ4v) is 5.59. The van der Waals surface area contributed by atoms with Crippen molar-refractivity contribution in [2.45, 2.75) is 37.7 Å². The molecule has 0 amide bonds. The molecule has 0 atom stereocenters. The van der Waals surface area contributed by atoms with Gasteiger partial charge in [0.25, 0.3) is 5.56 Å². The van der Waals surface area contributed by atoms with Crippen molar-refractivity contribution in [2.24, 2.45) is 0 Å². The van der Waals surface area contributed by atoms with Crippen LogP contribution in [0.1, 0.15) is 18.4 Å². The molecule has 0 spiro atoms. The summed E-state index contributed by atoms with van der Waals surface area (Å²) in [5, 5.41) is 14.7. The highest BCUT2D eigenvalue weighted by atomic mass is 127. The Morgan fingerprint density at radius 1 is 1.31 bits per heavy atom. The van der Waals surface area contributed by atoms with E-state index in [0.29, 0.717) is 22.5 Å². The Bertz CT molecular complexity index is 1150. The zero-order chi connectivity index (χ0) is 20.9. The number of pyridine rings is 1. The number of aliphatic hydroxyl groups is 1. The van der Waals surface area contributed by atoms with Crippen molar-refractivity contribution < 1.29 is 17.9 Å². The van der Waals surface area contributed by atoms with Gasteiger partial charge in [-0.05, 0) is 60.6 Å². The second-order valence-corrected chi connectivity index (χ2v) is 10.5. The van der Waals surface area contributed by atoms with Gasteiger partial charge in [-0.3, -0.25) is 14.1 Å². The normalized spacial score (nSPS) is 20.6.